The van der Waals surface area contributed by atoms with Gasteiger partial charge in [-0.2, -0.15) is 9.59 Å². The predicted octanol–water partition coefficient (Wildman–Crippen LogP) is 1.23. The van der Waals surface area contributed by atoms with Gasteiger partial charge in [0.25, 0.3) is 0 Å². The van der Waals surface area contributed by atoms with Crippen molar-refractivity contribution in [1.29, 1.82) is 0 Å². The lowest BCUT2D eigenvalue weighted by Gasteiger charge is -2.27. The van der Waals surface area contributed by atoms with Crippen LogP contribution in [-0.4, -0.2) is 58.0 Å². The number of hydrogen-bond acceptors (Lipinski definition) is 6. The van der Waals surface area contributed by atoms with Gasteiger partial charge in [0.15, 0.2) is 5.78 Å². The zero-order valence-electron chi connectivity index (χ0n) is 15.3. The largest absolute Gasteiger partial charge is 0.481 e. The molecule has 0 unspecified atom stereocenters. The fourth-order valence-corrected chi connectivity index (χ4v) is 2.36. The third-order valence-corrected chi connectivity index (χ3v) is 3.81. The summed E-state index contributed by atoms with van der Waals surface area (Å²) in [5.74, 6) is -4.70. The van der Waals surface area contributed by atoms with Crippen LogP contribution in [0.3, 0.4) is 0 Å². The molecule has 10 heteroatoms. The number of rotatable bonds is 9. The van der Waals surface area contributed by atoms with Gasteiger partial charge in [-0.3, -0.25) is 14.4 Å². The van der Waals surface area contributed by atoms with E-state index in [-0.39, 0.29) is 30.3 Å². The van der Waals surface area contributed by atoms with Gasteiger partial charge in [-0.1, -0.05) is 6.92 Å². The van der Waals surface area contributed by atoms with E-state index in [1.54, 1.807) is 0 Å². The quantitative estimate of drug-likeness (QED) is 0.592. The number of halogens is 1. The highest BCUT2D eigenvalue weighted by Gasteiger charge is 2.30. The van der Waals surface area contributed by atoms with E-state index in [0.29, 0.717) is 0 Å². The minimum Gasteiger partial charge on any atom is -0.481 e. The molecule has 1 amide bonds. The zero-order chi connectivity index (χ0) is 21.9. The molecule has 9 nitrogen and oxygen atoms in total. The van der Waals surface area contributed by atoms with Crippen molar-refractivity contribution in [2.45, 2.75) is 32.2 Å². The number of aliphatic carboxylic acids is 2. The van der Waals surface area contributed by atoms with Crippen molar-refractivity contribution >= 4 is 29.8 Å². The first-order chi connectivity index (χ1) is 13.0. The number of carboxylic acids is 2. The summed E-state index contributed by atoms with van der Waals surface area (Å²) in [5.41, 5.74) is 0.254. The molecule has 1 rings (SSSR count). The second kappa shape index (κ2) is 12.1. The van der Waals surface area contributed by atoms with Gasteiger partial charge in [0.1, 0.15) is 11.9 Å². The summed E-state index contributed by atoms with van der Waals surface area (Å²) in [6.45, 7) is 1.48. The van der Waals surface area contributed by atoms with E-state index in [0.717, 1.165) is 17.0 Å². The smallest absolute Gasteiger partial charge is 0.373 e. The number of hydrogen-bond donors (Lipinski definition) is 2. The lowest BCUT2D eigenvalue weighted by molar-refractivity contribution is -0.191. The van der Waals surface area contributed by atoms with Gasteiger partial charge < -0.3 is 15.1 Å². The third-order valence-electron chi connectivity index (χ3n) is 3.81. The summed E-state index contributed by atoms with van der Waals surface area (Å²) in [6, 6.07) is 3.61. The monoisotopic (exact) mass is 397 g/mol. The Kier molecular flexibility index (Phi) is 10.6. The maximum absolute atomic E-state index is 12.9. The number of carbonyl (C=O) groups is 4. The Labute approximate surface area is 159 Å². The summed E-state index contributed by atoms with van der Waals surface area (Å²) >= 11 is 0. The lowest BCUT2D eigenvalue weighted by atomic mass is 9.97. The molecule has 152 valence electrons. The van der Waals surface area contributed by atoms with E-state index < -0.39 is 42.0 Å². The number of Topliss-reactive ketones (excluding diaryl/α,β-unsaturated/α-hetero) is 1. The number of carbonyl (C=O) groups excluding carboxylic acids is 4. The van der Waals surface area contributed by atoms with E-state index in [1.807, 2.05) is 0 Å². The van der Waals surface area contributed by atoms with Crippen LogP contribution in [0.2, 0.25) is 0 Å². The summed E-state index contributed by atoms with van der Waals surface area (Å²) in [4.78, 5) is 63.6. The fourth-order valence-electron chi connectivity index (χ4n) is 2.36. The van der Waals surface area contributed by atoms with E-state index in [2.05, 4.69) is 0 Å². The number of carboxylic acid groups (broad SMARTS) is 2. The molecule has 0 saturated carbocycles. The van der Waals surface area contributed by atoms with E-state index in [4.69, 9.17) is 14.7 Å². The van der Waals surface area contributed by atoms with Crippen molar-refractivity contribution in [2.75, 3.05) is 7.05 Å². The van der Waals surface area contributed by atoms with E-state index >= 15 is 0 Å². The highest BCUT2D eigenvalue weighted by Crippen LogP contribution is 2.16. The maximum atomic E-state index is 12.9. The van der Waals surface area contributed by atoms with Crippen LogP contribution in [0.5, 0.6) is 0 Å². The van der Waals surface area contributed by atoms with Crippen LogP contribution >= 0.6 is 0 Å². The van der Waals surface area contributed by atoms with Gasteiger partial charge >= 0.3 is 18.1 Å². The first-order valence-corrected chi connectivity index (χ1v) is 8.04. The van der Waals surface area contributed by atoms with Crippen LogP contribution in [0.25, 0.3) is 0 Å². The molecule has 0 aromatic heterocycles. The second-order valence-corrected chi connectivity index (χ2v) is 5.85. The Morgan fingerprint density at radius 3 is 2.04 bits per heavy atom. The number of nitrogens with zero attached hydrogens (tertiary/aromatic N) is 1. The minimum absolute atomic E-state index is 0.167. The van der Waals surface area contributed by atoms with Crippen LogP contribution in [0.4, 0.5) is 4.39 Å². The Balaban J connectivity index is 0.00000227. The van der Waals surface area contributed by atoms with Crippen molar-refractivity contribution in [3.05, 3.63) is 35.6 Å². The van der Waals surface area contributed by atoms with E-state index in [9.17, 15) is 28.7 Å². The molecule has 2 atom stereocenters. The third kappa shape index (κ3) is 8.33. The van der Waals surface area contributed by atoms with Crippen LogP contribution in [0.1, 0.15) is 36.5 Å². The molecule has 1 aromatic carbocycles. The average Bonchev–Trinajstić information content (AvgIpc) is 2.61. The van der Waals surface area contributed by atoms with Crippen LogP contribution < -0.4 is 0 Å². The summed E-state index contributed by atoms with van der Waals surface area (Å²) in [6.07, 6.45) is -0.539. The molecule has 0 fully saturated rings. The average molecular weight is 397 g/mol. The Bertz CT molecular complexity index is 740. The van der Waals surface area contributed by atoms with Crippen molar-refractivity contribution in [3.8, 4) is 0 Å². The predicted molar refractivity (Wildman–Crippen MR) is 90.6 cm³/mol. The molecular weight excluding hydrogens is 377 g/mol. The molecule has 0 radical (unpaired) electrons. The van der Waals surface area contributed by atoms with Gasteiger partial charge in [-0.05, 0) is 30.7 Å². The topological polar surface area (TPSA) is 146 Å². The molecule has 0 bridgehead atoms. The van der Waals surface area contributed by atoms with Crippen molar-refractivity contribution < 1.29 is 43.4 Å². The first-order valence-electron chi connectivity index (χ1n) is 8.04. The molecule has 0 spiro atoms. The molecular formula is C18H20FNO8. The number of ketones is 1. The lowest BCUT2D eigenvalue weighted by Crippen LogP contribution is -2.45. The van der Waals surface area contributed by atoms with Gasteiger partial charge in [-0.25, -0.2) is 9.18 Å². The molecule has 1 aromatic rings. The zero-order valence-corrected chi connectivity index (χ0v) is 15.3. The van der Waals surface area contributed by atoms with Crippen molar-refractivity contribution in [2.24, 2.45) is 5.92 Å². The van der Waals surface area contributed by atoms with Gasteiger partial charge in [0.2, 0.25) is 5.91 Å². The number of likely N-dealkylation sites (N-methyl/N-ethyl adjacent to an activating group) is 1. The molecule has 0 saturated heterocycles. The van der Waals surface area contributed by atoms with Crippen LogP contribution in [-0.2, 0) is 24.0 Å². The Morgan fingerprint density at radius 2 is 1.61 bits per heavy atom. The number of benzene rings is 1. The van der Waals surface area contributed by atoms with Crippen molar-refractivity contribution in [3.63, 3.8) is 0 Å². The Morgan fingerprint density at radius 1 is 1.11 bits per heavy atom. The first kappa shape index (κ1) is 24.6. The standard InChI is InChI=1S/C17H20FNO6.CO2/c1-10(9-14(20)11-3-5-12(18)6-4-11)16(23)19(2)13(17(24)25)7-8-15(21)22;2-1-3/h3-6,10,13H,7-9H2,1-2H3,(H,21,22)(H,24,25);/t10-,13+;/m1./s1. The van der Waals surface area contributed by atoms with Gasteiger partial charge in [0.05, 0.1) is 0 Å². The minimum atomic E-state index is -1.31. The fraction of sp³-hybridized carbons (Fsp3) is 0.389. The SMILES string of the molecule is C[C@H](CC(=O)c1ccc(F)cc1)C(=O)N(C)[C@@H](CCC(=O)O)C(=O)O.O=C=O. The Hall–Kier alpha value is -3.39. The maximum Gasteiger partial charge on any atom is 0.373 e. The molecule has 28 heavy (non-hydrogen) atoms. The molecule has 0 aliphatic rings. The second-order valence-electron chi connectivity index (χ2n) is 5.85. The highest BCUT2D eigenvalue weighted by molar-refractivity contribution is 5.98. The molecule has 2 N–H and O–H groups in total. The van der Waals surface area contributed by atoms with Gasteiger partial charge in [-0.15, -0.1) is 0 Å². The normalized spacial score (nSPS) is 11.8. The van der Waals surface area contributed by atoms with Gasteiger partial charge in [0, 0.05) is 31.4 Å². The van der Waals surface area contributed by atoms with E-state index in [1.165, 1.54) is 26.1 Å². The summed E-state index contributed by atoms with van der Waals surface area (Å²) in [7, 11) is 1.27. The molecule has 0 aliphatic carbocycles. The van der Waals surface area contributed by atoms with Crippen molar-refractivity contribution in [1.82, 2.24) is 4.90 Å². The molecule has 0 aliphatic heterocycles. The molecule has 0 heterocycles. The van der Waals surface area contributed by atoms with Crippen LogP contribution in [0, 0.1) is 11.7 Å². The van der Waals surface area contributed by atoms with Crippen LogP contribution in [0.15, 0.2) is 24.3 Å². The summed E-state index contributed by atoms with van der Waals surface area (Å²) in [5, 5.41) is 17.9. The number of amides is 1. The summed E-state index contributed by atoms with van der Waals surface area (Å²) < 4.78 is 12.9. The highest BCUT2D eigenvalue weighted by atomic mass is 19.1.